The summed E-state index contributed by atoms with van der Waals surface area (Å²) >= 11 is 0. The first-order valence-electron chi connectivity index (χ1n) is 11.0. The van der Waals surface area contributed by atoms with Crippen molar-refractivity contribution in [2.75, 3.05) is 13.2 Å². The Balaban J connectivity index is 1.38. The second-order valence-corrected chi connectivity index (χ2v) is 8.03. The van der Waals surface area contributed by atoms with Crippen molar-refractivity contribution in [3.63, 3.8) is 0 Å². The number of oxazole rings is 1. The maximum atomic E-state index is 8.52. The first-order chi connectivity index (χ1) is 16.0. The fraction of sp³-hybridized carbons (Fsp3) is 0.259. The van der Waals surface area contributed by atoms with Gasteiger partial charge in [-0.05, 0) is 74.7 Å². The number of aromatic nitrogens is 2. The topological polar surface area (TPSA) is 77.6 Å². The van der Waals surface area contributed by atoms with Gasteiger partial charge in [0.05, 0.1) is 24.6 Å². The van der Waals surface area contributed by atoms with E-state index in [1.165, 1.54) is 0 Å². The molecular weight excluding hydrogens is 416 g/mol. The van der Waals surface area contributed by atoms with Crippen molar-refractivity contribution in [2.45, 2.75) is 33.6 Å². The van der Waals surface area contributed by atoms with Gasteiger partial charge in [-0.15, -0.1) is 0 Å². The van der Waals surface area contributed by atoms with Gasteiger partial charge in [0.15, 0.2) is 0 Å². The Morgan fingerprint density at radius 1 is 0.848 bits per heavy atom. The van der Waals surface area contributed by atoms with Crippen LogP contribution in [0.15, 0.2) is 65.1 Å². The highest BCUT2D eigenvalue weighted by Crippen LogP contribution is 2.26. The van der Waals surface area contributed by atoms with Gasteiger partial charge in [0.1, 0.15) is 11.5 Å². The van der Waals surface area contributed by atoms with Crippen molar-refractivity contribution in [3.05, 3.63) is 88.9 Å². The molecule has 0 aliphatic rings. The van der Waals surface area contributed by atoms with Crippen LogP contribution < -0.4 is 4.74 Å². The monoisotopic (exact) mass is 444 g/mol. The molecule has 0 bridgehead atoms. The van der Waals surface area contributed by atoms with Gasteiger partial charge in [-0.3, -0.25) is 10.2 Å². The molecule has 0 fully saturated rings. The van der Waals surface area contributed by atoms with E-state index in [1.54, 1.807) is 0 Å². The van der Waals surface area contributed by atoms with Gasteiger partial charge >= 0.3 is 0 Å². The zero-order chi connectivity index (χ0) is 23.2. The zero-order valence-electron chi connectivity index (χ0n) is 19.2. The maximum Gasteiger partial charge on any atom is 0.226 e. The second kappa shape index (κ2) is 10.4. The lowest BCUT2D eigenvalue weighted by atomic mass is 10.1. The molecule has 0 saturated carbocycles. The van der Waals surface area contributed by atoms with E-state index < -0.39 is 0 Å². The average Bonchev–Trinajstić information content (AvgIpc) is 3.19. The Hall–Kier alpha value is -3.48. The van der Waals surface area contributed by atoms with Crippen molar-refractivity contribution in [1.82, 2.24) is 9.97 Å². The lowest BCUT2D eigenvalue weighted by Crippen LogP contribution is -2.04. The van der Waals surface area contributed by atoms with Crippen molar-refractivity contribution < 1.29 is 19.3 Å². The number of hydrogen-bond acceptors (Lipinski definition) is 6. The van der Waals surface area contributed by atoms with E-state index in [0.717, 1.165) is 50.8 Å². The van der Waals surface area contributed by atoms with Crippen molar-refractivity contribution in [2.24, 2.45) is 0 Å². The van der Waals surface area contributed by atoms with E-state index in [2.05, 4.69) is 9.87 Å². The van der Waals surface area contributed by atoms with Crippen LogP contribution >= 0.6 is 0 Å². The quantitative estimate of drug-likeness (QED) is 0.253. The van der Waals surface area contributed by atoms with Crippen LogP contribution in [0.25, 0.3) is 22.7 Å². The molecule has 2 aromatic heterocycles. The molecule has 33 heavy (non-hydrogen) atoms. The van der Waals surface area contributed by atoms with E-state index >= 15 is 0 Å². The van der Waals surface area contributed by atoms with Gasteiger partial charge in [0.2, 0.25) is 5.89 Å². The summed E-state index contributed by atoms with van der Waals surface area (Å²) in [5, 5.41) is 8.52. The molecule has 1 N–H and O–H groups in total. The molecule has 0 aliphatic heterocycles. The highest BCUT2D eigenvalue weighted by molar-refractivity contribution is 5.64. The SMILES string of the molecule is Cc1cccc(-c2ccc(-c3nc(CCOc4ccc(CCOO)c(C)c4)c(C)o3)cc2)n1. The summed E-state index contributed by atoms with van der Waals surface area (Å²) in [6, 6.07) is 20.0. The van der Waals surface area contributed by atoms with Gasteiger partial charge < -0.3 is 9.15 Å². The van der Waals surface area contributed by atoms with Crippen LogP contribution in [0, 0.1) is 20.8 Å². The van der Waals surface area contributed by atoms with Crippen LogP contribution in [-0.2, 0) is 17.7 Å². The van der Waals surface area contributed by atoms with Crippen molar-refractivity contribution in [1.29, 1.82) is 0 Å². The zero-order valence-corrected chi connectivity index (χ0v) is 19.2. The predicted octanol–water partition coefficient (Wildman–Crippen LogP) is 5.98. The summed E-state index contributed by atoms with van der Waals surface area (Å²) in [7, 11) is 0. The van der Waals surface area contributed by atoms with E-state index in [1.807, 2.05) is 81.4 Å². The molecule has 0 radical (unpaired) electrons. The Morgan fingerprint density at radius 3 is 2.36 bits per heavy atom. The van der Waals surface area contributed by atoms with Gasteiger partial charge in [0, 0.05) is 23.2 Å². The van der Waals surface area contributed by atoms with Crippen LogP contribution in [0.2, 0.25) is 0 Å². The Kier molecular flexibility index (Phi) is 7.17. The molecule has 170 valence electrons. The molecule has 6 nitrogen and oxygen atoms in total. The van der Waals surface area contributed by atoms with E-state index in [4.69, 9.17) is 19.4 Å². The standard InChI is InChI=1S/C27H28N2O4/c1-18-17-24(12-11-21(18)13-16-32-30)31-15-14-25-20(3)33-27(29-25)23-9-7-22(8-10-23)26-6-4-5-19(2)28-26/h4-12,17,30H,13-16H2,1-3H3. The molecule has 4 rings (SSSR count). The van der Waals surface area contributed by atoms with Crippen molar-refractivity contribution >= 4 is 0 Å². The fourth-order valence-electron chi connectivity index (χ4n) is 3.73. The fourth-order valence-corrected chi connectivity index (χ4v) is 3.73. The molecule has 2 aromatic carbocycles. The molecule has 0 atom stereocenters. The van der Waals surface area contributed by atoms with Crippen LogP contribution in [0.3, 0.4) is 0 Å². The third-order valence-corrected chi connectivity index (χ3v) is 5.59. The van der Waals surface area contributed by atoms with Gasteiger partial charge in [-0.25, -0.2) is 9.87 Å². The number of rotatable bonds is 9. The lowest BCUT2D eigenvalue weighted by molar-refractivity contribution is -0.241. The smallest absolute Gasteiger partial charge is 0.226 e. The third kappa shape index (κ3) is 5.66. The van der Waals surface area contributed by atoms with E-state index in [9.17, 15) is 0 Å². The molecule has 2 heterocycles. The maximum absolute atomic E-state index is 8.52. The minimum atomic E-state index is 0.278. The summed E-state index contributed by atoms with van der Waals surface area (Å²) in [5.41, 5.74) is 7.06. The molecule has 0 saturated heterocycles. The van der Waals surface area contributed by atoms with Gasteiger partial charge in [-0.2, -0.15) is 0 Å². The highest BCUT2D eigenvalue weighted by Gasteiger charge is 2.12. The largest absolute Gasteiger partial charge is 0.493 e. The number of aryl methyl sites for hydroxylation is 3. The van der Waals surface area contributed by atoms with E-state index in [0.29, 0.717) is 25.3 Å². The first-order valence-corrected chi connectivity index (χ1v) is 11.0. The Bertz CT molecular complexity index is 1220. The summed E-state index contributed by atoms with van der Waals surface area (Å²) in [5.74, 6) is 2.22. The molecule has 0 spiro atoms. The summed E-state index contributed by atoms with van der Waals surface area (Å²) < 4.78 is 11.9. The summed E-state index contributed by atoms with van der Waals surface area (Å²) in [4.78, 5) is 13.4. The van der Waals surface area contributed by atoms with Crippen molar-refractivity contribution in [3.8, 4) is 28.5 Å². The van der Waals surface area contributed by atoms with Crippen LogP contribution in [0.4, 0.5) is 0 Å². The number of pyridine rings is 1. The first kappa shape index (κ1) is 22.7. The third-order valence-electron chi connectivity index (χ3n) is 5.59. The number of hydrogen-bond donors (Lipinski definition) is 1. The molecule has 0 amide bonds. The van der Waals surface area contributed by atoms with Crippen LogP contribution in [0.5, 0.6) is 5.75 Å². The number of benzene rings is 2. The number of ether oxygens (including phenoxy) is 1. The molecule has 0 aliphatic carbocycles. The molecule has 0 unspecified atom stereocenters. The lowest BCUT2D eigenvalue weighted by Gasteiger charge is -2.09. The molecule has 6 heteroatoms. The second-order valence-electron chi connectivity index (χ2n) is 8.03. The van der Waals surface area contributed by atoms with Crippen LogP contribution in [-0.4, -0.2) is 28.4 Å². The molecular formula is C27H28N2O4. The minimum absolute atomic E-state index is 0.278. The summed E-state index contributed by atoms with van der Waals surface area (Å²) in [6.45, 7) is 6.72. The van der Waals surface area contributed by atoms with Gasteiger partial charge in [-0.1, -0.05) is 24.3 Å². The van der Waals surface area contributed by atoms with Gasteiger partial charge in [0.25, 0.3) is 0 Å². The number of nitrogens with zero attached hydrogens (tertiary/aromatic N) is 2. The average molecular weight is 445 g/mol. The summed E-state index contributed by atoms with van der Waals surface area (Å²) in [6.07, 6.45) is 1.31. The normalized spacial score (nSPS) is 11.0. The Morgan fingerprint density at radius 2 is 1.64 bits per heavy atom. The van der Waals surface area contributed by atoms with E-state index in [-0.39, 0.29) is 6.61 Å². The van der Waals surface area contributed by atoms with Crippen LogP contribution in [0.1, 0.15) is 28.3 Å². The highest BCUT2D eigenvalue weighted by atomic mass is 17.1. The molecule has 4 aromatic rings. The predicted molar refractivity (Wildman–Crippen MR) is 127 cm³/mol. The minimum Gasteiger partial charge on any atom is -0.493 e. The Labute approximate surface area is 193 Å².